The Kier molecular flexibility index (Phi) is 7.96. The third kappa shape index (κ3) is 6.33. The lowest BCUT2D eigenvalue weighted by molar-refractivity contribution is -0.126. The molecule has 7 heteroatoms. The fraction of sp³-hybridized carbons (Fsp3) is 0.462. The van der Waals surface area contributed by atoms with Crippen LogP contribution in [0.2, 0.25) is 0 Å². The van der Waals surface area contributed by atoms with Crippen molar-refractivity contribution in [2.24, 2.45) is 5.92 Å². The van der Waals surface area contributed by atoms with E-state index >= 15 is 0 Å². The van der Waals surface area contributed by atoms with Crippen LogP contribution in [0.5, 0.6) is 5.75 Å². The van der Waals surface area contributed by atoms with Crippen molar-refractivity contribution in [1.82, 2.24) is 15.1 Å². The van der Waals surface area contributed by atoms with Crippen molar-refractivity contribution in [3.05, 3.63) is 60.2 Å². The fourth-order valence-corrected chi connectivity index (χ4v) is 4.57. The molecule has 2 fully saturated rings. The van der Waals surface area contributed by atoms with Crippen LogP contribution in [0.1, 0.15) is 18.4 Å². The number of rotatable bonds is 9. The minimum atomic E-state index is -0.291. The van der Waals surface area contributed by atoms with Gasteiger partial charge in [0.15, 0.2) is 0 Å². The molecule has 2 aliphatic rings. The van der Waals surface area contributed by atoms with E-state index in [0.717, 1.165) is 57.1 Å². The molecule has 2 saturated heterocycles. The average Bonchev–Trinajstić information content (AvgIpc) is 3.25. The first-order chi connectivity index (χ1) is 16.1. The highest BCUT2D eigenvalue weighted by Gasteiger charge is 2.35. The third-order valence-corrected chi connectivity index (χ3v) is 6.54. The number of carbonyl (C=O) groups excluding carboxylic acids is 2. The van der Waals surface area contributed by atoms with Gasteiger partial charge in [-0.15, -0.1) is 0 Å². The number of amides is 2. The van der Waals surface area contributed by atoms with E-state index in [9.17, 15) is 9.59 Å². The molecule has 0 spiro atoms. The number of anilines is 1. The SMILES string of the molecule is COc1ccc(N2CC(C(=O)NCCCN3CCN(Cc4ccccc4)CC3)CC2=O)cc1. The van der Waals surface area contributed by atoms with Gasteiger partial charge in [0.2, 0.25) is 11.8 Å². The molecule has 2 aromatic rings. The van der Waals surface area contributed by atoms with Crippen molar-refractivity contribution in [3.63, 3.8) is 0 Å². The molecule has 0 aromatic heterocycles. The second-order valence-corrected chi connectivity index (χ2v) is 8.85. The second kappa shape index (κ2) is 11.3. The summed E-state index contributed by atoms with van der Waals surface area (Å²) in [7, 11) is 1.61. The Morgan fingerprint density at radius 2 is 1.70 bits per heavy atom. The summed E-state index contributed by atoms with van der Waals surface area (Å²) in [5.41, 5.74) is 2.17. The van der Waals surface area contributed by atoms with Crippen LogP contribution in [-0.2, 0) is 16.1 Å². The third-order valence-electron chi connectivity index (χ3n) is 6.54. The predicted molar refractivity (Wildman–Crippen MR) is 129 cm³/mol. The van der Waals surface area contributed by atoms with Gasteiger partial charge in [0.05, 0.1) is 13.0 Å². The predicted octanol–water partition coefficient (Wildman–Crippen LogP) is 2.37. The highest BCUT2D eigenvalue weighted by molar-refractivity contribution is 6.00. The molecule has 7 nitrogen and oxygen atoms in total. The number of hydrogen-bond acceptors (Lipinski definition) is 5. The average molecular weight is 451 g/mol. The zero-order valence-corrected chi connectivity index (χ0v) is 19.4. The van der Waals surface area contributed by atoms with E-state index < -0.39 is 0 Å². The number of benzene rings is 2. The van der Waals surface area contributed by atoms with Crippen LogP contribution in [0.15, 0.2) is 54.6 Å². The maximum absolute atomic E-state index is 12.6. The van der Waals surface area contributed by atoms with E-state index in [4.69, 9.17) is 4.74 Å². The molecular formula is C26H34N4O3. The van der Waals surface area contributed by atoms with Gasteiger partial charge in [0.25, 0.3) is 0 Å². The minimum absolute atomic E-state index is 0.00584. The molecule has 2 aromatic carbocycles. The number of carbonyl (C=O) groups is 2. The standard InChI is InChI=1S/C26H34N4O3/c1-33-24-10-8-23(9-11-24)30-20-22(18-25(30)31)26(32)27-12-5-13-28-14-16-29(17-15-28)19-21-6-3-2-4-7-21/h2-4,6-11,22H,5,12-20H2,1H3,(H,27,32). The first kappa shape index (κ1) is 23.3. The lowest BCUT2D eigenvalue weighted by Crippen LogP contribution is -2.46. The van der Waals surface area contributed by atoms with Crippen molar-refractivity contribution < 1.29 is 14.3 Å². The van der Waals surface area contributed by atoms with Crippen LogP contribution in [-0.4, -0.2) is 74.5 Å². The quantitative estimate of drug-likeness (QED) is 0.595. The molecule has 0 radical (unpaired) electrons. The van der Waals surface area contributed by atoms with Crippen LogP contribution in [0.25, 0.3) is 0 Å². The van der Waals surface area contributed by atoms with Crippen LogP contribution >= 0.6 is 0 Å². The first-order valence-electron chi connectivity index (χ1n) is 11.8. The topological polar surface area (TPSA) is 65.1 Å². The summed E-state index contributed by atoms with van der Waals surface area (Å²) in [6.07, 6.45) is 1.19. The number of hydrogen-bond donors (Lipinski definition) is 1. The van der Waals surface area contributed by atoms with E-state index in [1.54, 1.807) is 12.0 Å². The number of nitrogens with one attached hydrogen (secondary N) is 1. The molecule has 2 aliphatic heterocycles. The summed E-state index contributed by atoms with van der Waals surface area (Å²) in [6, 6.07) is 18.0. The summed E-state index contributed by atoms with van der Waals surface area (Å²) < 4.78 is 5.17. The van der Waals surface area contributed by atoms with Crippen molar-refractivity contribution >= 4 is 17.5 Å². The lowest BCUT2D eigenvalue weighted by atomic mass is 10.1. The smallest absolute Gasteiger partial charge is 0.227 e. The second-order valence-electron chi connectivity index (χ2n) is 8.85. The van der Waals surface area contributed by atoms with Gasteiger partial charge < -0.3 is 19.9 Å². The Morgan fingerprint density at radius 1 is 1.00 bits per heavy atom. The molecule has 0 bridgehead atoms. The van der Waals surface area contributed by atoms with Gasteiger partial charge in [0, 0.05) is 57.9 Å². The number of nitrogens with zero attached hydrogens (tertiary/aromatic N) is 3. The van der Waals surface area contributed by atoms with Crippen molar-refractivity contribution in [2.75, 3.05) is 57.8 Å². The van der Waals surface area contributed by atoms with Crippen molar-refractivity contribution in [2.45, 2.75) is 19.4 Å². The van der Waals surface area contributed by atoms with Gasteiger partial charge in [-0.3, -0.25) is 14.5 Å². The molecule has 176 valence electrons. The highest BCUT2D eigenvalue weighted by Crippen LogP contribution is 2.26. The Labute approximate surface area is 196 Å². The van der Waals surface area contributed by atoms with Gasteiger partial charge >= 0.3 is 0 Å². The summed E-state index contributed by atoms with van der Waals surface area (Å²) in [5, 5.41) is 3.04. The zero-order valence-electron chi connectivity index (χ0n) is 19.4. The van der Waals surface area contributed by atoms with Crippen molar-refractivity contribution in [1.29, 1.82) is 0 Å². The molecule has 0 aliphatic carbocycles. The lowest BCUT2D eigenvalue weighted by Gasteiger charge is -2.34. The van der Waals surface area contributed by atoms with Gasteiger partial charge in [-0.25, -0.2) is 0 Å². The molecule has 2 heterocycles. The van der Waals surface area contributed by atoms with Crippen LogP contribution in [0.3, 0.4) is 0 Å². The van der Waals surface area contributed by atoms with Gasteiger partial charge in [-0.1, -0.05) is 30.3 Å². The van der Waals surface area contributed by atoms with E-state index in [1.165, 1.54) is 5.56 Å². The van der Waals surface area contributed by atoms with E-state index in [1.807, 2.05) is 24.3 Å². The van der Waals surface area contributed by atoms with Crippen molar-refractivity contribution in [3.8, 4) is 5.75 Å². The Balaban J connectivity index is 1.13. The van der Waals surface area contributed by atoms with Gasteiger partial charge in [-0.2, -0.15) is 0 Å². The molecular weight excluding hydrogens is 416 g/mol. The number of methoxy groups -OCH3 is 1. The Bertz CT molecular complexity index is 911. The maximum atomic E-state index is 12.6. The number of piperazine rings is 1. The van der Waals surface area contributed by atoms with Crippen LogP contribution in [0, 0.1) is 5.92 Å². The molecule has 4 rings (SSSR count). The molecule has 2 amide bonds. The number of ether oxygens (including phenoxy) is 1. The summed E-state index contributed by atoms with van der Waals surface area (Å²) in [6.45, 7) is 7.36. The Hall–Kier alpha value is -2.90. The zero-order chi connectivity index (χ0) is 23.0. The minimum Gasteiger partial charge on any atom is -0.497 e. The highest BCUT2D eigenvalue weighted by atomic mass is 16.5. The van der Waals surface area contributed by atoms with E-state index in [-0.39, 0.29) is 24.2 Å². The summed E-state index contributed by atoms with van der Waals surface area (Å²) in [5.74, 6) is 0.430. The summed E-state index contributed by atoms with van der Waals surface area (Å²) in [4.78, 5) is 31.7. The van der Waals surface area contributed by atoms with E-state index in [2.05, 4.69) is 45.4 Å². The van der Waals surface area contributed by atoms with Crippen LogP contribution < -0.4 is 15.0 Å². The fourth-order valence-electron chi connectivity index (χ4n) is 4.57. The maximum Gasteiger partial charge on any atom is 0.227 e. The molecule has 1 unspecified atom stereocenters. The largest absolute Gasteiger partial charge is 0.497 e. The molecule has 1 atom stereocenters. The van der Waals surface area contributed by atoms with Crippen LogP contribution in [0.4, 0.5) is 5.69 Å². The van der Waals surface area contributed by atoms with Gasteiger partial charge in [-0.05, 0) is 42.8 Å². The monoisotopic (exact) mass is 450 g/mol. The Morgan fingerprint density at radius 3 is 2.39 bits per heavy atom. The first-order valence-corrected chi connectivity index (χ1v) is 11.8. The van der Waals surface area contributed by atoms with Gasteiger partial charge in [0.1, 0.15) is 5.75 Å². The molecule has 1 N–H and O–H groups in total. The normalized spacial score (nSPS) is 19.6. The van der Waals surface area contributed by atoms with E-state index in [0.29, 0.717) is 13.1 Å². The summed E-state index contributed by atoms with van der Waals surface area (Å²) >= 11 is 0. The molecule has 0 saturated carbocycles. The molecule has 33 heavy (non-hydrogen) atoms.